The molecule has 2 aromatic rings. The summed E-state index contributed by atoms with van der Waals surface area (Å²) in [5.74, 6) is -0.0892. The number of rotatable bonds is 3. The number of carbonyl (C=O) groups excluding carboxylic acids is 2. The molecule has 0 unspecified atom stereocenters. The van der Waals surface area contributed by atoms with Crippen molar-refractivity contribution < 1.29 is 19.1 Å². The highest BCUT2D eigenvalue weighted by Gasteiger charge is 2.48. The molecule has 2 aromatic carbocycles. The molecule has 0 aliphatic carbocycles. The fourth-order valence-corrected chi connectivity index (χ4v) is 2.88. The Balaban J connectivity index is 1.92. The minimum atomic E-state index is -1.11. The Morgan fingerprint density at radius 2 is 1.77 bits per heavy atom. The van der Waals surface area contributed by atoms with Crippen LogP contribution in [-0.4, -0.2) is 36.4 Å². The van der Waals surface area contributed by atoms with Gasteiger partial charge in [0.1, 0.15) is 11.2 Å². The molecule has 26 heavy (non-hydrogen) atoms. The second-order valence-corrected chi connectivity index (χ2v) is 6.45. The van der Waals surface area contributed by atoms with Gasteiger partial charge in [-0.1, -0.05) is 41.9 Å². The van der Waals surface area contributed by atoms with Crippen molar-refractivity contribution in [3.05, 3.63) is 65.2 Å². The average Bonchev–Trinajstić information content (AvgIpc) is 3.01. The lowest BCUT2D eigenvalue weighted by molar-refractivity contribution is -0.147. The van der Waals surface area contributed by atoms with Crippen LogP contribution < -0.4 is 4.74 Å². The zero-order valence-corrected chi connectivity index (χ0v) is 15.1. The monoisotopic (exact) mass is 372 g/mol. The van der Waals surface area contributed by atoms with Crippen molar-refractivity contribution in [3.8, 4) is 5.75 Å². The smallest absolute Gasteiger partial charge is 0.435 e. The van der Waals surface area contributed by atoms with Crippen LogP contribution in [0.15, 0.2) is 59.7 Å². The molecule has 0 spiro atoms. The SMILES string of the molecule is COC(=O)[C@]1(C)CN(C(=O)Oc2ccccc2)N=C1c1ccc(Cl)cc1. The standard InChI is InChI=1S/C19H17ClN2O4/c1-19(17(23)25-2)12-22(18(24)26-15-6-4-3-5-7-15)21-16(19)13-8-10-14(20)11-9-13/h3-11H,12H2,1-2H3/t19-/m1/s1. The summed E-state index contributed by atoms with van der Waals surface area (Å²) in [4.78, 5) is 24.9. The molecule has 1 aliphatic rings. The first-order chi connectivity index (χ1) is 12.4. The van der Waals surface area contributed by atoms with Crippen molar-refractivity contribution >= 4 is 29.4 Å². The number of esters is 1. The predicted octanol–water partition coefficient (Wildman–Crippen LogP) is 3.74. The van der Waals surface area contributed by atoms with Crippen molar-refractivity contribution in [1.29, 1.82) is 0 Å². The van der Waals surface area contributed by atoms with Gasteiger partial charge in [-0.15, -0.1) is 0 Å². The number of carbonyl (C=O) groups is 2. The van der Waals surface area contributed by atoms with E-state index in [9.17, 15) is 9.59 Å². The highest BCUT2D eigenvalue weighted by atomic mass is 35.5. The van der Waals surface area contributed by atoms with Gasteiger partial charge in [0.25, 0.3) is 0 Å². The number of nitrogens with zero attached hydrogens (tertiary/aromatic N) is 2. The van der Waals surface area contributed by atoms with Crippen LogP contribution in [0.3, 0.4) is 0 Å². The van der Waals surface area contributed by atoms with E-state index in [0.717, 1.165) is 5.01 Å². The van der Waals surface area contributed by atoms with Gasteiger partial charge >= 0.3 is 12.1 Å². The normalized spacial score (nSPS) is 19.0. The van der Waals surface area contributed by atoms with Gasteiger partial charge in [0.2, 0.25) is 0 Å². The van der Waals surface area contributed by atoms with E-state index in [-0.39, 0.29) is 6.54 Å². The van der Waals surface area contributed by atoms with E-state index in [1.165, 1.54) is 7.11 Å². The summed E-state index contributed by atoms with van der Waals surface area (Å²) in [5, 5.41) is 6.03. The summed E-state index contributed by atoms with van der Waals surface area (Å²) < 4.78 is 10.2. The average molecular weight is 373 g/mol. The summed E-state index contributed by atoms with van der Waals surface area (Å²) >= 11 is 5.93. The number of ether oxygens (including phenoxy) is 2. The van der Waals surface area contributed by atoms with Gasteiger partial charge in [-0.2, -0.15) is 10.1 Å². The molecule has 1 heterocycles. The van der Waals surface area contributed by atoms with E-state index >= 15 is 0 Å². The number of hydrogen-bond acceptors (Lipinski definition) is 5. The van der Waals surface area contributed by atoms with Crippen molar-refractivity contribution in [3.63, 3.8) is 0 Å². The van der Waals surface area contributed by atoms with Crippen molar-refractivity contribution in [2.75, 3.05) is 13.7 Å². The van der Waals surface area contributed by atoms with Crippen LogP contribution in [0, 0.1) is 5.41 Å². The summed E-state index contributed by atoms with van der Waals surface area (Å²) in [6.07, 6.45) is -0.671. The zero-order valence-electron chi connectivity index (χ0n) is 14.3. The third-order valence-corrected chi connectivity index (χ3v) is 4.37. The fraction of sp³-hybridized carbons (Fsp3) is 0.211. The zero-order chi connectivity index (χ0) is 18.7. The molecule has 1 atom stereocenters. The number of para-hydroxylation sites is 1. The van der Waals surface area contributed by atoms with E-state index in [1.54, 1.807) is 55.5 Å². The maximum absolute atomic E-state index is 12.5. The number of hydrogen-bond donors (Lipinski definition) is 0. The van der Waals surface area contributed by atoms with E-state index < -0.39 is 17.5 Å². The first-order valence-corrected chi connectivity index (χ1v) is 8.29. The van der Waals surface area contributed by atoms with Gasteiger partial charge < -0.3 is 9.47 Å². The molecule has 7 heteroatoms. The topological polar surface area (TPSA) is 68.2 Å². The second kappa shape index (κ2) is 7.17. The van der Waals surface area contributed by atoms with Gasteiger partial charge in [0.15, 0.2) is 0 Å². The molecule has 0 radical (unpaired) electrons. The Bertz CT molecular complexity index is 852. The Morgan fingerprint density at radius 3 is 2.38 bits per heavy atom. The third-order valence-electron chi connectivity index (χ3n) is 4.12. The van der Waals surface area contributed by atoms with E-state index in [0.29, 0.717) is 22.0 Å². The van der Waals surface area contributed by atoms with Crippen molar-refractivity contribution in [2.24, 2.45) is 10.5 Å². The van der Waals surface area contributed by atoms with Crippen LogP contribution >= 0.6 is 11.6 Å². The number of amides is 1. The highest BCUT2D eigenvalue weighted by Crippen LogP contribution is 2.33. The Morgan fingerprint density at radius 1 is 1.12 bits per heavy atom. The van der Waals surface area contributed by atoms with E-state index in [4.69, 9.17) is 21.1 Å². The highest BCUT2D eigenvalue weighted by molar-refractivity contribution is 6.30. The first-order valence-electron chi connectivity index (χ1n) is 7.92. The number of methoxy groups -OCH3 is 1. The van der Waals surface area contributed by atoms with Gasteiger partial charge in [-0.05, 0) is 36.8 Å². The molecule has 6 nitrogen and oxygen atoms in total. The Labute approximate surface area is 156 Å². The van der Waals surface area contributed by atoms with Gasteiger partial charge in [0, 0.05) is 5.02 Å². The number of benzene rings is 2. The van der Waals surface area contributed by atoms with Crippen LogP contribution in [0.25, 0.3) is 0 Å². The van der Waals surface area contributed by atoms with Crippen LogP contribution in [0.5, 0.6) is 5.75 Å². The molecule has 1 aliphatic heterocycles. The molecule has 0 fully saturated rings. The minimum absolute atomic E-state index is 0.0172. The van der Waals surface area contributed by atoms with Gasteiger partial charge in [-0.25, -0.2) is 4.79 Å². The molecule has 0 aromatic heterocycles. The predicted molar refractivity (Wildman–Crippen MR) is 97.3 cm³/mol. The molecule has 1 amide bonds. The Hall–Kier alpha value is -2.86. The van der Waals surface area contributed by atoms with Crippen molar-refractivity contribution in [1.82, 2.24) is 5.01 Å². The molecule has 0 saturated heterocycles. The lowest BCUT2D eigenvalue weighted by Crippen LogP contribution is -2.41. The minimum Gasteiger partial charge on any atom is -0.468 e. The molecular formula is C19H17ClN2O4. The van der Waals surface area contributed by atoms with Crippen LogP contribution in [-0.2, 0) is 9.53 Å². The van der Waals surface area contributed by atoms with E-state index in [1.807, 2.05) is 6.07 Å². The summed E-state index contributed by atoms with van der Waals surface area (Å²) in [7, 11) is 1.30. The maximum atomic E-state index is 12.5. The summed E-state index contributed by atoms with van der Waals surface area (Å²) in [6, 6.07) is 15.5. The van der Waals surface area contributed by atoms with E-state index in [2.05, 4.69) is 5.10 Å². The quantitative estimate of drug-likeness (QED) is 0.770. The molecular weight excluding hydrogens is 356 g/mol. The fourth-order valence-electron chi connectivity index (χ4n) is 2.76. The first kappa shape index (κ1) is 17.9. The summed E-state index contributed by atoms with van der Waals surface area (Å²) in [6.45, 7) is 1.70. The van der Waals surface area contributed by atoms with Crippen molar-refractivity contribution in [2.45, 2.75) is 6.92 Å². The molecule has 0 N–H and O–H groups in total. The maximum Gasteiger partial charge on any atom is 0.435 e. The molecule has 3 rings (SSSR count). The number of hydrazone groups is 1. The Kier molecular flexibility index (Phi) is 4.95. The van der Waals surface area contributed by atoms with Crippen LogP contribution in [0.2, 0.25) is 5.02 Å². The van der Waals surface area contributed by atoms with Gasteiger partial charge in [-0.3, -0.25) is 4.79 Å². The lowest BCUT2D eigenvalue weighted by Gasteiger charge is -2.23. The molecule has 134 valence electrons. The lowest BCUT2D eigenvalue weighted by atomic mass is 9.82. The van der Waals surface area contributed by atoms with Crippen LogP contribution in [0.4, 0.5) is 4.79 Å². The second-order valence-electron chi connectivity index (χ2n) is 6.02. The van der Waals surface area contributed by atoms with Crippen LogP contribution in [0.1, 0.15) is 12.5 Å². The molecule has 0 saturated carbocycles. The largest absolute Gasteiger partial charge is 0.468 e. The summed E-state index contributed by atoms with van der Waals surface area (Å²) in [5.41, 5.74) is -0.0125. The van der Waals surface area contributed by atoms with Gasteiger partial charge in [0.05, 0.1) is 19.4 Å². The third kappa shape index (κ3) is 3.41. The number of halogens is 1. The molecule has 0 bridgehead atoms.